The molecule has 1 aliphatic carbocycles. The van der Waals surface area contributed by atoms with Crippen molar-refractivity contribution in [3.8, 4) is 6.07 Å². The molecule has 10 heavy (non-hydrogen) atoms. The van der Waals surface area contributed by atoms with E-state index in [-0.39, 0.29) is 6.10 Å². The molecule has 0 heterocycles. The van der Waals surface area contributed by atoms with Crippen molar-refractivity contribution in [3.05, 3.63) is 0 Å². The van der Waals surface area contributed by atoms with Gasteiger partial charge in [-0.25, -0.2) is 0 Å². The van der Waals surface area contributed by atoms with Crippen molar-refractivity contribution in [2.45, 2.75) is 38.2 Å². The molecule has 0 radical (unpaired) electrons. The fourth-order valence-electron chi connectivity index (χ4n) is 1.48. The van der Waals surface area contributed by atoms with Crippen molar-refractivity contribution >= 4 is 0 Å². The SMILES string of the molecule is N#CCC1CCC(O)CC1. The van der Waals surface area contributed by atoms with E-state index < -0.39 is 0 Å². The highest BCUT2D eigenvalue weighted by atomic mass is 16.3. The normalized spacial score (nSPS) is 33.2. The predicted molar refractivity (Wildman–Crippen MR) is 38.2 cm³/mol. The maximum absolute atomic E-state index is 9.11. The number of aliphatic hydroxyl groups is 1. The molecule has 0 amide bonds. The van der Waals surface area contributed by atoms with Crippen LogP contribution in [-0.4, -0.2) is 11.2 Å². The summed E-state index contributed by atoms with van der Waals surface area (Å²) in [5.41, 5.74) is 0. The average molecular weight is 139 g/mol. The van der Waals surface area contributed by atoms with Crippen molar-refractivity contribution in [2.75, 3.05) is 0 Å². The van der Waals surface area contributed by atoms with Gasteiger partial charge in [0.15, 0.2) is 0 Å². The van der Waals surface area contributed by atoms with Gasteiger partial charge >= 0.3 is 0 Å². The lowest BCUT2D eigenvalue weighted by molar-refractivity contribution is 0.109. The van der Waals surface area contributed by atoms with Crippen LogP contribution in [0.3, 0.4) is 0 Å². The first-order valence-corrected chi connectivity index (χ1v) is 3.88. The van der Waals surface area contributed by atoms with E-state index >= 15 is 0 Å². The van der Waals surface area contributed by atoms with E-state index in [0.717, 1.165) is 25.7 Å². The van der Waals surface area contributed by atoms with Gasteiger partial charge in [0.05, 0.1) is 12.2 Å². The third-order valence-corrected chi connectivity index (χ3v) is 2.20. The number of nitrogens with zero attached hydrogens (tertiary/aromatic N) is 1. The van der Waals surface area contributed by atoms with Crippen molar-refractivity contribution in [3.63, 3.8) is 0 Å². The summed E-state index contributed by atoms with van der Waals surface area (Å²) in [5, 5.41) is 17.5. The molecule has 1 fully saturated rings. The van der Waals surface area contributed by atoms with Crippen LogP contribution in [0.2, 0.25) is 0 Å². The molecule has 0 unspecified atom stereocenters. The zero-order valence-electron chi connectivity index (χ0n) is 6.08. The van der Waals surface area contributed by atoms with Crippen LogP contribution in [0.4, 0.5) is 0 Å². The molecule has 0 aliphatic heterocycles. The van der Waals surface area contributed by atoms with Gasteiger partial charge in [0, 0.05) is 6.42 Å². The third-order valence-electron chi connectivity index (χ3n) is 2.20. The second kappa shape index (κ2) is 3.58. The Labute approximate surface area is 61.5 Å². The maximum atomic E-state index is 9.11. The molecule has 1 aliphatic rings. The van der Waals surface area contributed by atoms with E-state index in [1.165, 1.54) is 0 Å². The van der Waals surface area contributed by atoms with Gasteiger partial charge in [0.25, 0.3) is 0 Å². The molecule has 0 aromatic rings. The first-order chi connectivity index (χ1) is 4.83. The summed E-state index contributed by atoms with van der Waals surface area (Å²) in [7, 11) is 0. The van der Waals surface area contributed by atoms with Crippen LogP contribution in [0.5, 0.6) is 0 Å². The largest absolute Gasteiger partial charge is 0.393 e. The summed E-state index contributed by atoms with van der Waals surface area (Å²) in [5.74, 6) is 0.563. The molecule has 0 saturated heterocycles. The summed E-state index contributed by atoms with van der Waals surface area (Å²) >= 11 is 0. The van der Waals surface area contributed by atoms with E-state index in [1.807, 2.05) is 0 Å². The third kappa shape index (κ3) is 2.00. The smallest absolute Gasteiger partial charge is 0.0624 e. The highest BCUT2D eigenvalue weighted by Gasteiger charge is 2.18. The van der Waals surface area contributed by atoms with E-state index in [4.69, 9.17) is 10.4 Å². The Kier molecular flexibility index (Phi) is 2.70. The Morgan fingerprint density at radius 3 is 2.40 bits per heavy atom. The molecule has 0 spiro atoms. The monoisotopic (exact) mass is 139 g/mol. The molecular weight excluding hydrogens is 126 g/mol. The summed E-state index contributed by atoms with van der Waals surface area (Å²) < 4.78 is 0. The second-order valence-electron chi connectivity index (χ2n) is 3.04. The van der Waals surface area contributed by atoms with Crippen LogP contribution >= 0.6 is 0 Å². The summed E-state index contributed by atoms with van der Waals surface area (Å²) in [6, 6.07) is 2.17. The number of nitriles is 1. The first-order valence-electron chi connectivity index (χ1n) is 3.88. The molecule has 2 heteroatoms. The highest BCUT2D eigenvalue weighted by Crippen LogP contribution is 2.25. The number of hydrogen-bond donors (Lipinski definition) is 1. The van der Waals surface area contributed by atoms with Gasteiger partial charge in [-0.1, -0.05) is 0 Å². The van der Waals surface area contributed by atoms with Crippen LogP contribution in [0.15, 0.2) is 0 Å². The molecule has 1 rings (SSSR count). The minimum Gasteiger partial charge on any atom is -0.393 e. The van der Waals surface area contributed by atoms with Crippen LogP contribution in [0.1, 0.15) is 32.1 Å². The van der Waals surface area contributed by atoms with E-state index in [0.29, 0.717) is 12.3 Å². The number of aliphatic hydroxyl groups excluding tert-OH is 1. The molecule has 0 bridgehead atoms. The van der Waals surface area contributed by atoms with Crippen molar-refractivity contribution in [1.82, 2.24) is 0 Å². The molecule has 0 atom stereocenters. The molecule has 0 aromatic carbocycles. The maximum Gasteiger partial charge on any atom is 0.0624 e. The van der Waals surface area contributed by atoms with Gasteiger partial charge in [-0.3, -0.25) is 0 Å². The fraction of sp³-hybridized carbons (Fsp3) is 0.875. The van der Waals surface area contributed by atoms with Crippen molar-refractivity contribution in [2.24, 2.45) is 5.92 Å². The van der Waals surface area contributed by atoms with Crippen LogP contribution < -0.4 is 0 Å². The lowest BCUT2D eigenvalue weighted by atomic mass is 9.86. The zero-order valence-corrected chi connectivity index (χ0v) is 6.08. The molecule has 1 N–H and O–H groups in total. The van der Waals surface area contributed by atoms with E-state index in [1.54, 1.807) is 0 Å². The second-order valence-corrected chi connectivity index (χ2v) is 3.04. The summed E-state index contributed by atoms with van der Waals surface area (Å²) in [6.45, 7) is 0. The van der Waals surface area contributed by atoms with Gasteiger partial charge in [0.2, 0.25) is 0 Å². The Hall–Kier alpha value is -0.550. The van der Waals surface area contributed by atoms with Gasteiger partial charge in [-0.05, 0) is 31.6 Å². The van der Waals surface area contributed by atoms with Crippen LogP contribution in [-0.2, 0) is 0 Å². The standard InChI is InChI=1S/C8H13NO/c9-6-5-7-1-3-8(10)4-2-7/h7-8,10H,1-5H2. The summed E-state index contributed by atoms with van der Waals surface area (Å²) in [4.78, 5) is 0. The predicted octanol–water partition coefficient (Wildman–Crippen LogP) is 1.45. The van der Waals surface area contributed by atoms with E-state index in [2.05, 4.69) is 6.07 Å². The van der Waals surface area contributed by atoms with Gasteiger partial charge in [-0.15, -0.1) is 0 Å². The number of rotatable bonds is 1. The Morgan fingerprint density at radius 2 is 1.90 bits per heavy atom. The first kappa shape index (κ1) is 7.56. The van der Waals surface area contributed by atoms with Crippen molar-refractivity contribution in [1.29, 1.82) is 5.26 Å². The van der Waals surface area contributed by atoms with Gasteiger partial charge in [-0.2, -0.15) is 5.26 Å². The van der Waals surface area contributed by atoms with Gasteiger partial charge in [0.1, 0.15) is 0 Å². The van der Waals surface area contributed by atoms with Crippen LogP contribution in [0.25, 0.3) is 0 Å². The molecular formula is C8H13NO. The van der Waals surface area contributed by atoms with Crippen molar-refractivity contribution < 1.29 is 5.11 Å². The Bertz CT molecular complexity index is 131. The lowest BCUT2D eigenvalue weighted by Crippen LogP contribution is -2.17. The minimum absolute atomic E-state index is 0.0880. The Balaban J connectivity index is 2.21. The number of hydrogen-bond acceptors (Lipinski definition) is 2. The Morgan fingerprint density at radius 1 is 1.30 bits per heavy atom. The quantitative estimate of drug-likeness (QED) is 0.597. The topological polar surface area (TPSA) is 44.0 Å². The van der Waals surface area contributed by atoms with Crippen LogP contribution in [0, 0.1) is 17.2 Å². The molecule has 0 aromatic heterocycles. The van der Waals surface area contributed by atoms with Gasteiger partial charge < -0.3 is 5.11 Å². The minimum atomic E-state index is -0.0880. The summed E-state index contributed by atoms with van der Waals surface area (Å²) in [6.07, 6.45) is 4.45. The highest BCUT2D eigenvalue weighted by molar-refractivity contribution is 4.80. The molecule has 2 nitrogen and oxygen atoms in total. The lowest BCUT2D eigenvalue weighted by Gasteiger charge is -2.22. The van der Waals surface area contributed by atoms with E-state index in [9.17, 15) is 0 Å². The fourth-order valence-corrected chi connectivity index (χ4v) is 1.48. The molecule has 1 saturated carbocycles. The zero-order chi connectivity index (χ0) is 7.40. The molecule has 56 valence electrons. The average Bonchev–Trinajstić information content (AvgIpc) is 1.95.